The van der Waals surface area contributed by atoms with E-state index in [4.69, 9.17) is 10.5 Å². The summed E-state index contributed by atoms with van der Waals surface area (Å²) in [6.07, 6.45) is 0. The Hall–Kier alpha value is -3.32. The summed E-state index contributed by atoms with van der Waals surface area (Å²) in [5, 5.41) is 11.6. The Morgan fingerprint density at radius 3 is 2.33 bits per heavy atom. The van der Waals surface area contributed by atoms with Crippen molar-refractivity contribution in [1.29, 1.82) is 5.26 Å². The minimum atomic E-state index is -0.371. The Morgan fingerprint density at radius 2 is 1.67 bits per heavy atom. The number of hydrogen-bond acceptors (Lipinski definition) is 3. The molecule has 0 amide bonds. The predicted molar refractivity (Wildman–Crippen MR) is 89.6 cm³/mol. The van der Waals surface area contributed by atoms with Gasteiger partial charge >= 0.3 is 0 Å². The number of rotatable bonds is 1. The Kier molecular flexibility index (Phi) is 3.21. The van der Waals surface area contributed by atoms with E-state index in [-0.39, 0.29) is 17.6 Å². The number of ether oxygens (including phenoxy) is 1. The first-order valence-electron chi connectivity index (χ1n) is 7.53. The lowest BCUT2D eigenvalue weighted by Crippen LogP contribution is -2.21. The minimum absolute atomic E-state index is 0.0922. The van der Waals surface area contributed by atoms with Crippen molar-refractivity contribution in [1.82, 2.24) is 0 Å². The van der Waals surface area contributed by atoms with Crippen molar-refractivity contribution in [3.63, 3.8) is 0 Å². The van der Waals surface area contributed by atoms with Crippen LogP contribution in [0.3, 0.4) is 0 Å². The number of benzene rings is 3. The van der Waals surface area contributed by atoms with Crippen LogP contribution >= 0.6 is 0 Å². The molecule has 0 saturated carbocycles. The third-order valence-corrected chi connectivity index (χ3v) is 4.29. The molecule has 1 atom stereocenters. The van der Waals surface area contributed by atoms with E-state index in [0.717, 1.165) is 21.9 Å². The highest BCUT2D eigenvalue weighted by molar-refractivity contribution is 5.86. The van der Waals surface area contributed by atoms with E-state index < -0.39 is 0 Å². The molecular formula is C20H13FN2O. The summed E-state index contributed by atoms with van der Waals surface area (Å²) in [6.45, 7) is 0. The van der Waals surface area contributed by atoms with Gasteiger partial charge in [0.05, 0.1) is 5.92 Å². The smallest absolute Gasteiger partial charge is 0.205 e. The monoisotopic (exact) mass is 316 g/mol. The van der Waals surface area contributed by atoms with Gasteiger partial charge in [-0.25, -0.2) is 4.39 Å². The molecule has 3 aromatic carbocycles. The van der Waals surface area contributed by atoms with Crippen molar-refractivity contribution >= 4 is 10.8 Å². The summed E-state index contributed by atoms with van der Waals surface area (Å²) in [6, 6.07) is 20.1. The number of nitriles is 1. The van der Waals surface area contributed by atoms with Gasteiger partial charge in [-0.2, -0.15) is 5.26 Å². The molecular weight excluding hydrogens is 303 g/mol. The normalized spacial score (nSPS) is 16.4. The van der Waals surface area contributed by atoms with Crippen LogP contribution in [0.15, 0.2) is 72.1 Å². The fraction of sp³-hybridized carbons (Fsp3) is 0.0500. The van der Waals surface area contributed by atoms with Gasteiger partial charge in [0.2, 0.25) is 5.88 Å². The van der Waals surface area contributed by atoms with Gasteiger partial charge < -0.3 is 10.5 Å². The van der Waals surface area contributed by atoms with Crippen LogP contribution in [0.2, 0.25) is 0 Å². The van der Waals surface area contributed by atoms with Gasteiger partial charge in [0.15, 0.2) is 0 Å². The van der Waals surface area contributed by atoms with Crippen molar-refractivity contribution in [2.24, 2.45) is 5.73 Å². The molecule has 0 unspecified atom stereocenters. The standard InChI is InChI=1S/C20H13FN2O/c21-15-7-5-12(6-8-15)19-16-9-13-3-1-2-4-14(13)10-18(16)24-20(23)17(19)11-22/h1-10,19H,23H2/t19-/m1/s1. The lowest BCUT2D eigenvalue weighted by molar-refractivity contribution is 0.394. The number of halogens is 1. The molecule has 116 valence electrons. The Balaban J connectivity index is 1.98. The van der Waals surface area contributed by atoms with Gasteiger partial charge in [0.1, 0.15) is 23.2 Å². The molecule has 4 heteroatoms. The average molecular weight is 316 g/mol. The lowest BCUT2D eigenvalue weighted by Gasteiger charge is -2.27. The Bertz CT molecular complexity index is 1020. The molecule has 0 aromatic heterocycles. The van der Waals surface area contributed by atoms with Crippen LogP contribution in [0.5, 0.6) is 5.75 Å². The van der Waals surface area contributed by atoms with Crippen LogP contribution in [0.1, 0.15) is 17.0 Å². The first-order chi connectivity index (χ1) is 11.7. The largest absolute Gasteiger partial charge is 0.440 e. The quantitative estimate of drug-likeness (QED) is 0.732. The van der Waals surface area contributed by atoms with Gasteiger partial charge in [-0.1, -0.05) is 36.4 Å². The second kappa shape index (κ2) is 5.39. The molecule has 0 radical (unpaired) electrons. The first kappa shape index (κ1) is 14.3. The maximum absolute atomic E-state index is 13.3. The highest BCUT2D eigenvalue weighted by Gasteiger charge is 2.30. The summed E-state index contributed by atoms with van der Waals surface area (Å²) >= 11 is 0. The van der Waals surface area contributed by atoms with Gasteiger partial charge in [-0.3, -0.25) is 0 Å². The van der Waals surface area contributed by atoms with Crippen molar-refractivity contribution in [2.75, 3.05) is 0 Å². The van der Waals surface area contributed by atoms with Crippen LogP contribution < -0.4 is 10.5 Å². The summed E-state index contributed by atoms with van der Waals surface area (Å²) in [5.41, 5.74) is 7.96. The Labute approximate surface area is 138 Å². The molecule has 4 rings (SSSR count). The number of allylic oxidation sites excluding steroid dienone is 1. The van der Waals surface area contributed by atoms with Crippen molar-refractivity contribution in [2.45, 2.75) is 5.92 Å². The van der Waals surface area contributed by atoms with Crippen molar-refractivity contribution in [3.8, 4) is 11.8 Å². The van der Waals surface area contributed by atoms with Crippen LogP contribution in [0.4, 0.5) is 4.39 Å². The fourth-order valence-corrected chi connectivity index (χ4v) is 3.14. The molecule has 0 aliphatic carbocycles. The zero-order valence-electron chi connectivity index (χ0n) is 12.7. The maximum Gasteiger partial charge on any atom is 0.205 e. The first-order valence-corrected chi connectivity index (χ1v) is 7.53. The van der Waals surface area contributed by atoms with E-state index in [0.29, 0.717) is 11.3 Å². The summed E-state index contributed by atoms with van der Waals surface area (Å²) in [7, 11) is 0. The summed E-state index contributed by atoms with van der Waals surface area (Å²) in [4.78, 5) is 0. The molecule has 3 nitrogen and oxygen atoms in total. The highest BCUT2D eigenvalue weighted by Crippen LogP contribution is 2.43. The minimum Gasteiger partial charge on any atom is -0.440 e. The SMILES string of the molecule is N#CC1=C(N)Oc2cc3ccccc3cc2[C@H]1c1ccc(F)cc1. The Morgan fingerprint density at radius 1 is 1.00 bits per heavy atom. The van der Waals surface area contributed by atoms with E-state index in [1.54, 1.807) is 12.1 Å². The summed E-state index contributed by atoms with van der Waals surface area (Å²) < 4.78 is 19.0. The van der Waals surface area contributed by atoms with Gasteiger partial charge in [-0.05, 0) is 40.6 Å². The number of hydrogen-bond donors (Lipinski definition) is 1. The zero-order chi connectivity index (χ0) is 16.7. The van der Waals surface area contributed by atoms with Crippen LogP contribution in [-0.2, 0) is 0 Å². The second-order valence-electron chi connectivity index (χ2n) is 5.71. The topological polar surface area (TPSA) is 59.0 Å². The maximum atomic E-state index is 13.3. The van der Waals surface area contributed by atoms with E-state index in [2.05, 4.69) is 6.07 Å². The van der Waals surface area contributed by atoms with Crippen LogP contribution in [-0.4, -0.2) is 0 Å². The number of nitrogens with two attached hydrogens (primary N) is 1. The van der Waals surface area contributed by atoms with Gasteiger partial charge in [0.25, 0.3) is 0 Å². The molecule has 1 aliphatic rings. The molecule has 3 aromatic rings. The highest BCUT2D eigenvalue weighted by atomic mass is 19.1. The molecule has 1 aliphatic heterocycles. The molecule has 0 spiro atoms. The van der Waals surface area contributed by atoms with E-state index in [1.807, 2.05) is 36.4 Å². The third kappa shape index (κ3) is 2.19. The molecule has 0 saturated heterocycles. The van der Waals surface area contributed by atoms with Crippen molar-refractivity contribution < 1.29 is 9.13 Å². The molecule has 1 heterocycles. The van der Waals surface area contributed by atoms with E-state index in [1.165, 1.54) is 12.1 Å². The fourth-order valence-electron chi connectivity index (χ4n) is 3.14. The number of fused-ring (bicyclic) bond motifs is 2. The van der Waals surface area contributed by atoms with Gasteiger partial charge in [0, 0.05) is 5.56 Å². The molecule has 0 bridgehead atoms. The van der Waals surface area contributed by atoms with Crippen LogP contribution in [0, 0.1) is 17.1 Å². The molecule has 0 fully saturated rings. The molecule has 24 heavy (non-hydrogen) atoms. The number of nitrogens with zero attached hydrogens (tertiary/aromatic N) is 1. The van der Waals surface area contributed by atoms with E-state index >= 15 is 0 Å². The van der Waals surface area contributed by atoms with Crippen molar-refractivity contribution in [3.05, 3.63) is 89.1 Å². The lowest BCUT2D eigenvalue weighted by atomic mass is 9.82. The third-order valence-electron chi connectivity index (χ3n) is 4.29. The van der Waals surface area contributed by atoms with Gasteiger partial charge in [-0.15, -0.1) is 0 Å². The second-order valence-corrected chi connectivity index (χ2v) is 5.71. The van der Waals surface area contributed by atoms with E-state index in [9.17, 15) is 9.65 Å². The summed E-state index contributed by atoms with van der Waals surface area (Å²) in [5.74, 6) is 0.0260. The predicted octanol–water partition coefficient (Wildman–Crippen LogP) is 4.20. The molecule has 2 N–H and O–H groups in total. The zero-order valence-corrected chi connectivity index (χ0v) is 12.7. The average Bonchev–Trinajstić information content (AvgIpc) is 2.60. The van der Waals surface area contributed by atoms with Crippen LogP contribution in [0.25, 0.3) is 10.8 Å².